The summed E-state index contributed by atoms with van der Waals surface area (Å²) in [6.45, 7) is 12.8. The number of hydrogen-bond acceptors (Lipinski definition) is 13. The first kappa shape index (κ1) is 34.1. The first-order chi connectivity index (χ1) is 19.7. The smallest absolute Gasteiger partial charge is 0.414 e. The lowest BCUT2D eigenvalue weighted by Crippen LogP contribution is -2.71. The monoisotopic (exact) mass is 660 g/mol. The Balaban J connectivity index is 1.88. The van der Waals surface area contributed by atoms with E-state index in [1.807, 2.05) is 0 Å². The van der Waals surface area contributed by atoms with Crippen LogP contribution in [0.1, 0.15) is 61.2 Å². The summed E-state index contributed by atoms with van der Waals surface area (Å²) in [6, 6.07) is -1.12. The number of amides is 3. The minimum atomic E-state index is -1.66. The van der Waals surface area contributed by atoms with E-state index in [0.717, 1.165) is 4.90 Å². The minimum Gasteiger partial charge on any atom is -0.477 e. The van der Waals surface area contributed by atoms with Crippen molar-refractivity contribution in [3.05, 3.63) is 17.1 Å². The number of nitrogens with zero attached hydrogens (tertiary/aromatic N) is 4. The molecule has 3 rings (SSSR count). The van der Waals surface area contributed by atoms with Crippen LogP contribution in [0.4, 0.5) is 9.93 Å². The Labute approximate surface area is 260 Å². The van der Waals surface area contributed by atoms with E-state index >= 15 is 0 Å². The Morgan fingerprint density at radius 1 is 1.09 bits per heavy atom. The van der Waals surface area contributed by atoms with Gasteiger partial charge in [-0.2, -0.15) is 9.36 Å². The van der Waals surface area contributed by atoms with Crippen molar-refractivity contribution in [2.45, 2.75) is 83.6 Å². The van der Waals surface area contributed by atoms with E-state index in [1.165, 1.54) is 25.6 Å². The topological polar surface area (TPSA) is 199 Å². The highest BCUT2D eigenvalue weighted by Crippen LogP contribution is 2.40. The van der Waals surface area contributed by atoms with Crippen LogP contribution in [0.2, 0.25) is 0 Å². The SMILES string of the molecule is CC(C)(C)OC(=O)Nc1nc(/C(=N/OC(C)(C)C(=O)OC(C)(C)C)C(=O)N[C@@H]2C(=O)N3C(C(=O)O)=C(CCl)CS[C@H]23)ns1. The maximum absolute atomic E-state index is 13.5. The molecule has 0 radical (unpaired) electrons. The Morgan fingerprint density at radius 3 is 2.28 bits per heavy atom. The van der Waals surface area contributed by atoms with Gasteiger partial charge in [0, 0.05) is 23.2 Å². The number of carbonyl (C=O) groups excluding carboxylic acids is 4. The third kappa shape index (κ3) is 8.35. The first-order valence-corrected chi connectivity index (χ1v) is 15.2. The number of rotatable bonds is 9. The van der Waals surface area contributed by atoms with Gasteiger partial charge in [0.1, 0.15) is 28.3 Å². The average Bonchev–Trinajstić information content (AvgIpc) is 3.31. The standard InChI is InChI=1S/C25H33ClN6O9S2/c1-23(2,3)39-20(37)25(7,8)41-30-12(15-28-21(43-31-15)29-22(38)40-24(4,5)6)16(33)27-13-17(34)32-14(19(35)36)11(9-26)10-42-18(13)32/h13,18H,9-10H2,1-8H3,(H,27,33)(H,35,36)(H,28,29,31,38)/b30-12-/t13-,18-/m1/s1. The molecule has 15 nitrogen and oxygen atoms in total. The predicted octanol–water partition coefficient (Wildman–Crippen LogP) is 2.70. The molecule has 236 valence electrons. The highest BCUT2D eigenvalue weighted by Gasteiger charge is 2.54. The van der Waals surface area contributed by atoms with Gasteiger partial charge in [-0.1, -0.05) is 5.16 Å². The van der Waals surface area contributed by atoms with E-state index < -0.39 is 63.8 Å². The molecule has 1 fully saturated rings. The number of fused-ring (bicyclic) bond motifs is 1. The van der Waals surface area contributed by atoms with Gasteiger partial charge in [-0.05, 0) is 61.0 Å². The molecule has 1 saturated heterocycles. The number of nitrogens with one attached hydrogen (secondary N) is 2. The number of carboxylic acid groups (broad SMARTS) is 1. The van der Waals surface area contributed by atoms with Crippen molar-refractivity contribution >= 4 is 75.6 Å². The van der Waals surface area contributed by atoms with Gasteiger partial charge in [0.25, 0.3) is 11.8 Å². The van der Waals surface area contributed by atoms with Crippen LogP contribution in [-0.2, 0) is 33.5 Å². The molecule has 0 aliphatic carbocycles. The molecule has 1 aromatic rings. The summed E-state index contributed by atoms with van der Waals surface area (Å²) in [5.74, 6) is -3.82. The fourth-order valence-electron chi connectivity index (χ4n) is 3.54. The van der Waals surface area contributed by atoms with Gasteiger partial charge in [-0.3, -0.25) is 19.8 Å². The lowest BCUT2D eigenvalue weighted by molar-refractivity contribution is -0.179. The maximum atomic E-state index is 13.5. The number of anilines is 1. The average molecular weight is 661 g/mol. The van der Waals surface area contributed by atoms with Crippen molar-refractivity contribution in [1.82, 2.24) is 19.6 Å². The summed E-state index contributed by atoms with van der Waals surface area (Å²) >= 11 is 7.82. The van der Waals surface area contributed by atoms with Crippen LogP contribution in [-0.4, -0.2) is 94.8 Å². The van der Waals surface area contributed by atoms with Crippen molar-refractivity contribution in [2.24, 2.45) is 5.16 Å². The van der Waals surface area contributed by atoms with Gasteiger partial charge in [0.2, 0.25) is 22.3 Å². The Kier molecular flexibility index (Phi) is 10.0. The third-order valence-electron chi connectivity index (χ3n) is 5.41. The second-order valence-corrected chi connectivity index (χ2v) is 14.0. The molecule has 0 bridgehead atoms. The summed E-state index contributed by atoms with van der Waals surface area (Å²) in [7, 11) is 0. The molecule has 2 aliphatic heterocycles. The number of hydrogen-bond donors (Lipinski definition) is 3. The maximum Gasteiger partial charge on any atom is 0.414 e. The quantitative estimate of drug-likeness (QED) is 0.115. The van der Waals surface area contributed by atoms with Gasteiger partial charge in [0.05, 0.1) is 0 Å². The molecule has 0 aromatic carbocycles. The van der Waals surface area contributed by atoms with Crippen molar-refractivity contribution < 1.29 is 43.4 Å². The molecule has 3 N–H and O–H groups in total. The van der Waals surface area contributed by atoms with Crippen LogP contribution in [0, 0.1) is 0 Å². The van der Waals surface area contributed by atoms with Crippen LogP contribution in [0.5, 0.6) is 0 Å². The largest absolute Gasteiger partial charge is 0.477 e. The number of esters is 1. The van der Waals surface area contributed by atoms with E-state index in [0.29, 0.717) is 17.1 Å². The summed E-state index contributed by atoms with van der Waals surface area (Å²) < 4.78 is 14.6. The van der Waals surface area contributed by atoms with Crippen molar-refractivity contribution in [1.29, 1.82) is 0 Å². The highest BCUT2D eigenvalue weighted by molar-refractivity contribution is 8.00. The molecule has 1 aromatic heterocycles. The molecule has 2 aliphatic rings. The van der Waals surface area contributed by atoms with E-state index in [4.69, 9.17) is 25.9 Å². The number of aliphatic carboxylic acids is 1. The van der Waals surface area contributed by atoms with Gasteiger partial charge in [-0.25, -0.2) is 14.4 Å². The zero-order valence-electron chi connectivity index (χ0n) is 24.8. The summed E-state index contributed by atoms with van der Waals surface area (Å²) in [5.41, 5.74) is -3.64. The van der Waals surface area contributed by atoms with Crippen molar-refractivity contribution in [3.8, 4) is 0 Å². The number of thioether (sulfide) groups is 1. The number of β-lactam (4-membered cyclic amide) rings is 1. The van der Waals surface area contributed by atoms with Crippen LogP contribution < -0.4 is 10.6 Å². The number of oxime groups is 1. The molecule has 3 amide bonds. The Bertz CT molecular complexity index is 1380. The number of carboxylic acids is 1. The summed E-state index contributed by atoms with van der Waals surface area (Å²) in [6.07, 6.45) is -0.812. The molecular formula is C25H33ClN6O9S2. The van der Waals surface area contributed by atoms with Crippen molar-refractivity contribution in [3.63, 3.8) is 0 Å². The molecular weight excluding hydrogens is 628 g/mol. The van der Waals surface area contributed by atoms with E-state index in [1.54, 1.807) is 41.5 Å². The predicted molar refractivity (Wildman–Crippen MR) is 158 cm³/mol. The lowest BCUT2D eigenvalue weighted by atomic mass is 10.0. The number of halogens is 1. The van der Waals surface area contributed by atoms with E-state index in [9.17, 15) is 29.1 Å². The number of carbonyl (C=O) groups is 5. The van der Waals surface area contributed by atoms with Gasteiger partial charge >= 0.3 is 18.0 Å². The van der Waals surface area contributed by atoms with Gasteiger partial charge in [-0.15, -0.1) is 23.4 Å². The first-order valence-electron chi connectivity index (χ1n) is 12.8. The zero-order valence-corrected chi connectivity index (χ0v) is 27.2. The van der Waals surface area contributed by atoms with Crippen LogP contribution in [0.15, 0.2) is 16.4 Å². The summed E-state index contributed by atoms with van der Waals surface area (Å²) in [5, 5.41) is 17.7. The fraction of sp³-hybridized carbons (Fsp3) is 0.600. The number of alkyl halides is 1. The minimum absolute atomic E-state index is 0.0327. The second-order valence-electron chi connectivity index (χ2n) is 11.8. The second kappa shape index (κ2) is 12.7. The molecule has 18 heteroatoms. The van der Waals surface area contributed by atoms with E-state index in [-0.39, 0.29) is 28.3 Å². The number of ether oxygens (including phenoxy) is 2. The normalized spacial score (nSPS) is 19.2. The summed E-state index contributed by atoms with van der Waals surface area (Å²) in [4.78, 5) is 73.8. The van der Waals surface area contributed by atoms with Crippen LogP contribution >= 0.6 is 34.9 Å². The molecule has 0 spiro atoms. The number of aromatic nitrogens is 2. The lowest BCUT2D eigenvalue weighted by Gasteiger charge is -2.49. The fourth-order valence-corrected chi connectivity index (χ4v) is 5.77. The van der Waals surface area contributed by atoms with Crippen LogP contribution in [0.3, 0.4) is 0 Å². The highest BCUT2D eigenvalue weighted by atomic mass is 35.5. The van der Waals surface area contributed by atoms with Gasteiger partial charge in [0.15, 0.2) is 0 Å². The van der Waals surface area contributed by atoms with Crippen molar-refractivity contribution in [2.75, 3.05) is 16.9 Å². The third-order valence-corrected chi connectivity index (χ3v) is 7.71. The Morgan fingerprint density at radius 2 is 1.72 bits per heavy atom. The molecule has 0 saturated carbocycles. The van der Waals surface area contributed by atoms with Crippen LogP contribution in [0.25, 0.3) is 0 Å². The molecule has 2 atom stereocenters. The van der Waals surface area contributed by atoms with Gasteiger partial charge < -0.3 is 24.7 Å². The Hall–Kier alpha value is -3.44. The zero-order chi connectivity index (χ0) is 32.5. The molecule has 3 heterocycles. The molecule has 43 heavy (non-hydrogen) atoms. The van der Waals surface area contributed by atoms with E-state index in [2.05, 4.69) is 25.1 Å². The molecule has 0 unspecified atom stereocenters.